The number of hydrogen-bond acceptors (Lipinski definition) is 1. The quantitative estimate of drug-likeness (QED) is 0.635. The number of alkyl halides is 2. The van der Waals surface area contributed by atoms with Gasteiger partial charge in [0, 0.05) is 6.07 Å². The predicted octanol–water partition coefficient (Wildman–Crippen LogP) is 1.31. The highest BCUT2D eigenvalue weighted by Gasteiger charge is 2.05. The Kier molecular flexibility index (Phi) is 1.80. The molecule has 0 aromatic carbocycles. The molecule has 0 amide bonds. The van der Waals surface area contributed by atoms with Crippen LogP contribution in [0.3, 0.4) is 0 Å². The van der Waals surface area contributed by atoms with Crippen LogP contribution in [0.5, 0.6) is 0 Å². The maximum absolute atomic E-state index is 11.8. The van der Waals surface area contributed by atoms with Crippen LogP contribution < -0.4 is 5.56 Å². The summed E-state index contributed by atoms with van der Waals surface area (Å²) >= 11 is 0. The average molecular weight is 145 g/mol. The van der Waals surface area contributed by atoms with Crippen LogP contribution in [0, 0.1) is 0 Å². The van der Waals surface area contributed by atoms with Crippen molar-refractivity contribution in [3.63, 3.8) is 0 Å². The monoisotopic (exact) mass is 145 g/mol. The summed E-state index contributed by atoms with van der Waals surface area (Å²) in [5.74, 6) is 0. The molecule has 1 rings (SSSR count). The summed E-state index contributed by atoms with van der Waals surface area (Å²) in [4.78, 5) is 12.4. The van der Waals surface area contributed by atoms with E-state index in [1.54, 1.807) is 0 Å². The van der Waals surface area contributed by atoms with Crippen molar-refractivity contribution in [2.45, 2.75) is 6.43 Å². The van der Waals surface area contributed by atoms with Crippen molar-refractivity contribution in [1.29, 1.82) is 0 Å². The standard InChI is InChI=1S/C6H5F2NO/c7-6(8)4-2-1-3-5(10)9-4/h1-3,6H,(H,9,10). The van der Waals surface area contributed by atoms with Crippen molar-refractivity contribution in [3.05, 3.63) is 34.2 Å². The van der Waals surface area contributed by atoms with Crippen LogP contribution in [0.25, 0.3) is 0 Å². The zero-order valence-corrected chi connectivity index (χ0v) is 4.97. The maximum atomic E-state index is 11.8. The van der Waals surface area contributed by atoms with E-state index in [0.29, 0.717) is 0 Å². The highest BCUT2D eigenvalue weighted by Crippen LogP contribution is 2.12. The molecule has 2 nitrogen and oxygen atoms in total. The van der Waals surface area contributed by atoms with Crippen molar-refractivity contribution in [3.8, 4) is 0 Å². The van der Waals surface area contributed by atoms with Crippen LogP contribution in [0.4, 0.5) is 8.78 Å². The lowest BCUT2D eigenvalue weighted by Crippen LogP contribution is -2.05. The smallest absolute Gasteiger partial charge is 0.278 e. The van der Waals surface area contributed by atoms with E-state index in [-0.39, 0.29) is 5.69 Å². The Morgan fingerprint density at radius 2 is 2.10 bits per heavy atom. The number of aromatic amines is 1. The van der Waals surface area contributed by atoms with Crippen molar-refractivity contribution in [2.24, 2.45) is 0 Å². The largest absolute Gasteiger partial charge is 0.321 e. The Bertz CT molecular complexity index is 268. The van der Waals surface area contributed by atoms with Gasteiger partial charge in [0.2, 0.25) is 5.56 Å². The number of hydrogen-bond donors (Lipinski definition) is 1. The second-order valence-corrected chi connectivity index (χ2v) is 1.77. The fourth-order valence-corrected chi connectivity index (χ4v) is 0.592. The summed E-state index contributed by atoms with van der Waals surface area (Å²) in [7, 11) is 0. The van der Waals surface area contributed by atoms with Crippen LogP contribution in [0.2, 0.25) is 0 Å². The zero-order chi connectivity index (χ0) is 7.56. The second-order valence-electron chi connectivity index (χ2n) is 1.77. The highest BCUT2D eigenvalue weighted by atomic mass is 19.3. The molecule has 10 heavy (non-hydrogen) atoms. The van der Waals surface area contributed by atoms with Gasteiger partial charge in [-0.15, -0.1) is 0 Å². The van der Waals surface area contributed by atoms with Gasteiger partial charge in [-0.25, -0.2) is 8.78 Å². The number of pyridine rings is 1. The molecule has 0 saturated heterocycles. The van der Waals surface area contributed by atoms with Gasteiger partial charge in [0.15, 0.2) is 0 Å². The molecule has 54 valence electrons. The molecule has 0 spiro atoms. The molecule has 0 unspecified atom stereocenters. The van der Waals surface area contributed by atoms with Crippen LogP contribution in [-0.4, -0.2) is 4.98 Å². The minimum atomic E-state index is -2.60. The first-order valence-electron chi connectivity index (χ1n) is 2.67. The third-order valence-corrected chi connectivity index (χ3v) is 1.03. The molecule has 4 heteroatoms. The molecule has 1 N–H and O–H groups in total. The van der Waals surface area contributed by atoms with Crippen LogP contribution in [0.1, 0.15) is 12.1 Å². The van der Waals surface area contributed by atoms with E-state index in [0.717, 1.165) is 0 Å². The number of aromatic nitrogens is 1. The third kappa shape index (κ3) is 1.40. The molecule has 1 aromatic heterocycles. The normalized spacial score (nSPS) is 10.3. The van der Waals surface area contributed by atoms with Gasteiger partial charge >= 0.3 is 0 Å². The molecule has 0 atom stereocenters. The molecule has 0 aliphatic rings. The van der Waals surface area contributed by atoms with Gasteiger partial charge in [0.1, 0.15) is 0 Å². The summed E-state index contributed by atoms with van der Waals surface area (Å²) in [6.45, 7) is 0. The molecule has 1 heterocycles. The Hall–Kier alpha value is -1.19. The van der Waals surface area contributed by atoms with Gasteiger partial charge < -0.3 is 4.98 Å². The van der Waals surface area contributed by atoms with Crippen molar-refractivity contribution < 1.29 is 8.78 Å². The summed E-state index contributed by atoms with van der Waals surface area (Å²) in [6, 6.07) is 3.65. The predicted molar refractivity (Wildman–Crippen MR) is 32.0 cm³/mol. The van der Waals surface area contributed by atoms with Crippen LogP contribution in [0.15, 0.2) is 23.0 Å². The number of H-pyrrole nitrogens is 1. The first-order valence-corrected chi connectivity index (χ1v) is 2.67. The molecule has 0 aliphatic heterocycles. The highest BCUT2D eigenvalue weighted by molar-refractivity contribution is 5.04. The van der Waals surface area contributed by atoms with E-state index >= 15 is 0 Å². The lowest BCUT2D eigenvalue weighted by Gasteiger charge is -1.95. The Balaban J connectivity index is 3.07. The van der Waals surface area contributed by atoms with Gasteiger partial charge in [-0.1, -0.05) is 6.07 Å². The minimum Gasteiger partial charge on any atom is -0.321 e. The summed E-state index contributed by atoms with van der Waals surface area (Å²) in [5.41, 5.74) is -0.842. The Labute approximate surface area is 55.5 Å². The SMILES string of the molecule is O=c1cccc(C(F)F)[nH]1. The minimum absolute atomic E-state index is 0.340. The van der Waals surface area contributed by atoms with Crippen molar-refractivity contribution in [2.75, 3.05) is 0 Å². The van der Waals surface area contributed by atoms with E-state index in [1.165, 1.54) is 18.2 Å². The zero-order valence-electron chi connectivity index (χ0n) is 4.97. The van der Waals surface area contributed by atoms with Crippen LogP contribution in [-0.2, 0) is 0 Å². The molecule has 0 fully saturated rings. The lowest BCUT2D eigenvalue weighted by molar-refractivity contribution is 0.146. The van der Waals surface area contributed by atoms with Gasteiger partial charge in [-0.05, 0) is 6.07 Å². The van der Waals surface area contributed by atoms with E-state index in [9.17, 15) is 13.6 Å². The van der Waals surface area contributed by atoms with Crippen LogP contribution >= 0.6 is 0 Å². The molecule has 0 aliphatic carbocycles. The Morgan fingerprint density at radius 3 is 2.50 bits per heavy atom. The Morgan fingerprint density at radius 1 is 1.40 bits per heavy atom. The van der Waals surface area contributed by atoms with E-state index in [4.69, 9.17) is 0 Å². The maximum Gasteiger partial charge on any atom is 0.278 e. The molecular formula is C6H5F2NO. The van der Waals surface area contributed by atoms with E-state index in [1.807, 2.05) is 4.98 Å². The van der Waals surface area contributed by atoms with Crippen molar-refractivity contribution in [1.82, 2.24) is 4.98 Å². The topological polar surface area (TPSA) is 32.9 Å². The fraction of sp³-hybridized carbons (Fsp3) is 0.167. The first kappa shape index (κ1) is 6.92. The molecule has 1 aromatic rings. The van der Waals surface area contributed by atoms with Gasteiger partial charge in [0.05, 0.1) is 5.69 Å². The second kappa shape index (κ2) is 2.60. The van der Waals surface area contributed by atoms with Gasteiger partial charge in [0.25, 0.3) is 6.43 Å². The average Bonchev–Trinajstić information content (AvgIpc) is 1.88. The van der Waals surface area contributed by atoms with Crippen molar-refractivity contribution >= 4 is 0 Å². The number of halogens is 2. The molecule has 0 radical (unpaired) electrons. The first-order chi connectivity index (χ1) is 4.70. The van der Waals surface area contributed by atoms with E-state index in [2.05, 4.69) is 0 Å². The summed E-state index contributed by atoms with van der Waals surface area (Å²) in [5, 5.41) is 0. The number of nitrogens with one attached hydrogen (secondary N) is 1. The third-order valence-electron chi connectivity index (χ3n) is 1.03. The summed E-state index contributed by atoms with van der Waals surface area (Å²) in [6.07, 6.45) is -2.60. The number of rotatable bonds is 1. The fourth-order valence-electron chi connectivity index (χ4n) is 0.592. The lowest BCUT2D eigenvalue weighted by atomic mass is 10.4. The molecular weight excluding hydrogens is 140 g/mol. The van der Waals surface area contributed by atoms with Gasteiger partial charge in [-0.2, -0.15) is 0 Å². The summed E-state index contributed by atoms with van der Waals surface area (Å²) < 4.78 is 23.6. The van der Waals surface area contributed by atoms with Gasteiger partial charge in [-0.3, -0.25) is 4.79 Å². The van der Waals surface area contributed by atoms with E-state index < -0.39 is 12.0 Å². The molecule has 0 saturated carbocycles. The molecule has 0 bridgehead atoms.